The van der Waals surface area contributed by atoms with Crippen molar-refractivity contribution in [3.63, 3.8) is 0 Å². The number of rotatable bonds is 4. The fourth-order valence-corrected chi connectivity index (χ4v) is 2.98. The van der Waals surface area contributed by atoms with Gasteiger partial charge in [0.2, 0.25) is 0 Å². The number of barbiturate groups is 1. The van der Waals surface area contributed by atoms with E-state index in [1.54, 1.807) is 43.3 Å². The van der Waals surface area contributed by atoms with Crippen molar-refractivity contribution < 1.29 is 19.3 Å². The van der Waals surface area contributed by atoms with E-state index < -0.39 is 22.8 Å². The molecule has 3 rings (SSSR count). The van der Waals surface area contributed by atoms with Gasteiger partial charge in [0.05, 0.1) is 10.6 Å². The molecule has 0 aromatic heterocycles. The zero-order valence-corrected chi connectivity index (χ0v) is 16.0. The van der Waals surface area contributed by atoms with E-state index in [1.807, 2.05) is 13.0 Å². The summed E-state index contributed by atoms with van der Waals surface area (Å²) in [6, 6.07) is 10.2. The Morgan fingerprint density at radius 2 is 1.83 bits per heavy atom. The van der Waals surface area contributed by atoms with Crippen LogP contribution in [0, 0.1) is 17.0 Å². The lowest BCUT2D eigenvalue weighted by molar-refractivity contribution is -0.384. The molecule has 9 nitrogen and oxygen atoms in total. The molecule has 1 aliphatic rings. The van der Waals surface area contributed by atoms with Crippen molar-refractivity contribution in [1.29, 1.82) is 0 Å². The van der Waals surface area contributed by atoms with Gasteiger partial charge in [-0.25, -0.2) is 9.69 Å². The standard InChI is InChI=1S/C20H18N4O5/c1-12-5-4-6-14(9-12)23-19(26)15(18(25)21-20(23)27)10-13-7-8-16(22(2)3)17(11-13)24(28)29/h4-11H,1-3H3,(H,21,25,27)/b15-10-. The molecular formula is C20H18N4O5. The van der Waals surface area contributed by atoms with Crippen LogP contribution in [-0.2, 0) is 9.59 Å². The van der Waals surface area contributed by atoms with Crippen LogP contribution in [0.4, 0.5) is 21.9 Å². The molecule has 2 aromatic carbocycles. The van der Waals surface area contributed by atoms with Gasteiger partial charge in [-0.05, 0) is 42.3 Å². The topological polar surface area (TPSA) is 113 Å². The third-order valence-electron chi connectivity index (χ3n) is 4.35. The van der Waals surface area contributed by atoms with E-state index in [2.05, 4.69) is 5.32 Å². The molecule has 0 unspecified atom stereocenters. The lowest BCUT2D eigenvalue weighted by Gasteiger charge is -2.26. The first-order valence-electron chi connectivity index (χ1n) is 8.63. The summed E-state index contributed by atoms with van der Waals surface area (Å²) in [6.45, 7) is 1.81. The number of nitro benzene ring substituents is 1. The summed E-state index contributed by atoms with van der Waals surface area (Å²) in [5, 5.41) is 13.5. The molecule has 0 aliphatic carbocycles. The number of amides is 4. The molecule has 9 heteroatoms. The van der Waals surface area contributed by atoms with Gasteiger partial charge < -0.3 is 4.90 Å². The van der Waals surface area contributed by atoms with Crippen LogP contribution in [0.15, 0.2) is 48.0 Å². The van der Waals surface area contributed by atoms with Crippen LogP contribution < -0.4 is 15.1 Å². The number of hydrogen-bond donors (Lipinski definition) is 1. The SMILES string of the molecule is Cc1cccc(N2C(=O)NC(=O)/C(=C/c3ccc(N(C)C)c([N+](=O)[O-])c3)C2=O)c1. The van der Waals surface area contributed by atoms with Crippen LogP contribution in [0.5, 0.6) is 0 Å². The van der Waals surface area contributed by atoms with Gasteiger partial charge in [-0.1, -0.05) is 18.2 Å². The van der Waals surface area contributed by atoms with Crippen LogP contribution in [0.25, 0.3) is 6.08 Å². The van der Waals surface area contributed by atoms with Crippen molar-refractivity contribution in [3.8, 4) is 0 Å². The summed E-state index contributed by atoms with van der Waals surface area (Å²) < 4.78 is 0. The Kier molecular flexibility index (Phi) is 5.14. The van der Waals surface area contributed by atoms with Crippen molar-refractivity contribution >= 4 is 41.0 Å². The Labute approximate surface area is 166 Å². The van der Waals surface area contributed by atoms with Crippen LogP contribution in [0.2, 0.25) is 0 Å². The van der Waals surface area contributed by atoms with Crippen LogP contribution in [0.3, 0.4) is 0 Å². The van der Waals surface area contributed by atoms with Crippen molar-refractivity contribution in [2.45, 2.75) is 6.92 Å². The summed E-state index contributed by atoms with van der Waals surface area (Å²) >= 11 is 0. The Balaban J connectivity index is 2.05. The highest BCUT2D eigenvalue weighted by molar-refractivity contribution is 6.39. The van der Waals surface area contributed by atoms with Crippen molar-refractivity contribution in [2.75, 3.05) is 23.9 Å². The molecule has 1 fully saturated rings. The zero-order valence-electron chi connectivity index (χ0n) is 16.0. The highest BCUT2D eigenvalue weighted by Crippen LogP contribution is 2.29. The molecule has 1 aliphatic heterocycles. The molecular weight excluding hydrogens is 376 g/mol. The van der Waals surface area contributed by atoms with E-state index in [9.17, 15) is 24.5 Å². The molecule has 0 bridgehead atoms. The van der Waals surface area contributed by atoms with E-state index >= 15 is 0 Å². The number of hydrogen-bond acceptors (Lipinski definition) is 6. The smallest absolute Gasteiger partial charge is 0.335 e. The minimum absolute atomic E-state index is 0.167. The van der Waals surface area contributed by atoms with Crippen molar-refractivity contribution in [1.82, 2.24) is 5.32 Å². The number of nitrogens with zero attached hydrogens (tertiary/aromatic N) is 3. The number of urea groups is 1. The van der Waals surface area contributed by atoms with Gasteiger partial charge in [0, 0.05) is 20.2 Å². The first kappa shape index (κ1) is 19.7. The Morgan fingerprint density at radius 1 is 1.10 bits per heavy atom. The third-order valence-corrected chi connectivity index (χ3v) is 4.35. The monoisotopic (exact) mass is 394 g/mol. The summed E-state index contributed by atoms with van der Waals surface area (Å²) in [5.74, 6) is -1.66. The van der Waals surface area contributed by atoms with Gasteiger partial charge in [0.1, 0.15) is 11.3 Å². The van der Waals surface area contributed by atoms with E-state index in [0.717, 1.165) is 10.5 Å². The zero-order chi connectivity index (χ0) is 21.3. The molecule has 0 spiro atoms. The average molecular weight is 394 g/mol. The quantitative estimate of drug-likeness (QED) is 0.369. The number of nitrogens with one attached hydrogen (secondary N) is 1. The molecule has 1 saturated heterocycles. The number of nitro groups is 1. The van der Waals surface area contributed by atoms with Gasteiger partial charge in [-0.3, -0.25) is 25.0 Å². The molecule has 2 aromatic rings. The molecule has 4 amide bonds. The van der Waals surface area contributed by atoms with Crippen LogP contribution in [-0.4, -0.2) is 36.9 Å². The molecule has 148 valence electrons. The third kappa shape index (κ3) is 3.84. The van der Waals surface area contributed by atoms with Gasteiger partial charge in [-0.15, -0.1) is 0 Å². The maximum atomic E-state index is 12.9. The van der Waals surface area contributed by atoms with E-state index in [0.29, 0.717) is 16.9 Å². The summed E-state index contributed by atoms with van der Waals surface area (Å²) in [4.78, 5) is 50.7. The lowest BCUT2D eigenvalue weighted by atomic mass is 10.1. The van der Waals surface area contributed by atoms with E-state index in [4.69, 9.17) is 0 Å². The van der Waals surface area contributed by atoms with E-state index in [-0.39, 0.29) is 11.3 Å². The maximum Gasteiger partial charge on any atom is 0.335 e. The highest BCUT2D eigenvalue weighted by Gasteiger charge is 2.36. The van der Waals surface area contributed by atoms with Gasteiger partial charge in [0.15, 0.2) is 0 Å². The first-order valence-corrected chi connectivity index (χ1v) is 8.63. The van der Waals surface area contributed by atoms with Gasteiger partial charge in [-0.2, -0.15) is 0 Å². The van der Waals surface area contributed by atoms with E-state index in [1.165, 1.54) is 18.2 Å². The Hall–Kier alpha value is -4.01. The summed E-state index contributed by atoms with van der Waals surface area (Å²) in [6.07, 6.45) is 1.24. The molecule has 0 atom stereocenters. The van der Waals surface area contributed by atoms with Crippen LogP contribution in [0.1, 0.15) is 11.1 Å². The average Bonchev–Trinajstić information content (AvgIpc) is 2.64. The number of imide groups is 2. The fourth-order valence-electron chi connectivity index (χ4n) is 2.98. The van der Waals surface area contributed by atoms with Gasteiger partial charge >= 0.3 is 6.03 Å². The summed E-state index contributed by atoms with van der Waals surface area (Å²) in [5.41, 5.74) is 1.37. The Bertz CT molecular complexity index is 1070. The largest absolute Gasteiger partial charge is 0.372 e. The second kappa shape index (κ2) is 7.55. The van der Waals surface area contributed by atoms with Gasteiger partial charge in [0.25, 0.3) is 17.5 Å². The normalized spacial score (nSPS) is 15.5. The van der Waals surface area contributed by atoms with Crippen molar-refractivity contribution in [3.05, 3.63) is 69.3 Å². The second-order valence-electron chi connectivity index (χ2n) is 6.70. The number of carbonyl (C=O) groups is 3. The lowest BCUT2D eigenvalue weighted by Crippen LogP contribution is -2.54. The minimum atomic E-state index is -0.858. The molecule has 1 heterocycles. The fraction of sp³-hybridized carbons (Fsp3) is 0.150. The number of anilines is 2. The van der Waals surface area contributed by atoms with Crippen LogP contribution >= 0.6 is 0 Å². The predicted octanol–water partition coefficient (Wildman–Crippen LogP) is 2.64. The maximum absolute atomic E-state index is 12.9. The molecule has 0 radical (unpaired) electrons. The highest BCUT2D eigenvalue weighted by atomic mass is 16.6. The first-order chi connectivity index (χ1) is 13.7. The Morgan fingerprint density at radius 3 is 2.45 bits per heavy atom. The molecule has 0 saturated carbocycles. The predicted molar refractivity (Wildman–Crippen MR) is 108 cm³/mol. The minimum Gasteiger partial charge on any atom is -0.372 e. The van der Waals surface area contributed by atoms with Crippen molar-refractivity contribution in [2.24, 2.45) is 0 Å². The number of carbonyl (C=O) groups excluding carboxylic acids is 3. The number of benzene rings is 2. The number of aryl methyl sites for hydroxylation is 1. The second-order valence-corrected chi connectivity index (χ2v) is 6.70. The molecule has 1 N–H and O–H groups in total. The molecule has 29 heavy (non-hydrogen) atoms. The summed E-state index contributed by atoms with van der Waals surface area (Å²) in [7, 11) is 3.34.